The van der Waals surface area contributed by atoms with Gasteiger partial charge in [0.05, 0.1) is 13.2 Å². The summed E-state index contributed by atoms with van der Waals surface area (Å²) in [7, 11) is 3.23. The van der Waals surface area contributed by atoms with Gasteiger partial charge in [-0.25, -0.2) is 4.79 Å². The largest absolute Gasteiger partial charge is 0.356 e. The van der Waals surface area contributed by atoms with Crippen molar-refractivity contribution >= 4 is 6.03 Å². The Morgan fingerprint density at radius 1 is 1.27 bits per heavy atom. The molecule has 1 aromatic carbocycles. The Bertz CT molecular complexity index is 451. The maximum Gasteiger partial charge on any atom is 0.319 e. The van der Waals surface area contributed by atoms with E-state index in [-0.39, 0.29) is 18.5 Å². The SMILES string of the molecule is COC(CCCN1C(=O)NCC1OCc1ccccc1)OC. The molecule has 6 nitrogen and oxygen atoms in total. The van der Waals surface area contributed by atoms with Crippen LogP contribution in [0.4, 0.5) is 4.79 Å². The first-order chi connectivity index (χ1) is 10.7. The van der Waals surface area contributed by atoms with E-state index in [1.807, 2.05) is 30.3 Å². The van der Waals surface area contributed by atoms with E-state index in [1.165, 1.54) is 0 Å². The van der Waals surface area contributed by atoms with Crippen LogP contribution in [0.5, 0.6) is 0 Å². The maximum atomic E-state index is 11.9. The first-order valence-corrected chi connectivity index (χ1v) is 7.50. The second-order valence-corrected chi connectivity index (χ2v) is 5.17. The smallest absolute Gasteiger partial charge is 0.319 e. The number of nitrogens with one attached hydrogen (secondary N) is 1. The second kappa shape index (κ2) is 8.73. The number of amides is 2. The molecular weight excluding hydrogens is 284 g/mol. The van der Waals surface area contributed by atoms with E-state index >= 15 is 0 Å². The number of hydrogen-bond acceptors (Lipinski definition) is 4. The normalized spacial score (nSPS) is 18.0. The summed E-state index contributed by atoms with van der Waals surface area (Å²) in [6, 6.07) is 9.86. The minimum Gasteiger partial charge on any atom is -0.356 e. The van der Waals surface area contributed by atoms with Gasteiger partial charge < -0.3 is 19.5 Å². The van der Waals surface area contributed by atoms with E-state index in [0.29, 0.717) is 19.7 Å². The number of rotatable bonds is 9. The molecule has 0 spiro atoms. The third-order valence-corrected chi connectivity index (χ3v) is 3.69. The summed E-state index contributed by atoms with van der Waals surface area (Å²) in [5.41, 5.74) is 1.10. The lowest BCUT2D eigenvalue weighted by Crippen LogP contribution is -2.37. The van der Waals surface area contributed by atoms with Crippen molar-refractivity contribution in [2.45, 2.75) is 32.0 Å². The van der Waals surface area contributed by atoms with E-state index < -0.39 is 0 Å². The van der Waals surface area contributed by atoms with Crippen molar-refractivity contribution in [1.29, 1.82) is 0 Å². The van der Waals surface area contributed by atoms with E-state index in [9.17, 15) is 4.79 Å². The van der Waals surface area contributed by atoms with Gasteiger partial charge in [-0.15, -0.1) is 0 Å². The standard InChI is InChI=1S/C16H24N2O4/c1-20-15(21-2)9-6-10-18-14(11-17-16(18)19)22-12-13-7-4-3-5-8-13/h3-5,7-8,14-15H,6,9-12H2,1-2H3,(H,17,19). The van der Waals surface area contributed by atoms with Gasteiger partial charge in [0.2, 0.25) is 0 Å². The van der Waals surface area contributed by atoms with Crippen molar-refractivity contribution < 1.29 is 19.0 Å². The van der Waals surface area contributed by atoms with Crippen molar-refractivity contribution in [2.24, 2.45) is 0 Å². The molecule has 1 N–H and O–H groups in total. The van der Waals surface area contributed by atoms with Crippen LogP contribution >= 0.6 is 0 Å². The Labute approximate surface area is 131 Å². The lowest BCUT2D eigenvalue weighted by atomic mass is 10.2. The molecule has 0 saturated carbocycles. The number of hydrogen-bond donors (Lipinski definition) is 1. The molecule has 22 heavy (non-hydrogen) atoms. The van der Waals surface area contributed by atoms with E-state index in [1.54, 1.807) is 19.1 Å². The van der Waals surface area contributed by atoms with Gasteiger partial charge in [0.15, 0.2) is 12.5 Å². The fourth-order valence-electron chi connectivity index (χ4n) is 2.44. The molecule has 2 rings (SSSR count). The summed E-state index contributed by atoms with van der Waals surface area (Å²) in [5, 5.41) is 2.82. The van der Waals surface area contributed by atoms with Crippen molar-refractivity contribution in [3.8, 4) is 0 Å². The summed E-state index contributed by atoms with van der Waals surface area (Å²) in [4.78, 5) is 13.6. The monoisotopic (exact) mass is 308 g/mol. The summed E-state index contributed by atoms with van der Waals surface area (Å²) >= 11 is 0. The number of carbonyl (C=O) groups is 1. The van der Waals surface area contributed by atoms with Gasteiger partial charge in [-0.2, -0.15) is 0 Å². The van der Waals surface area contributed by atoms with Gasteiger partial charge in [0.1, 0.15) is 0 Å². The molecule has 0 aliphatic carbocycles. The Morgan fingerprint density at radius 2 is 2.00 bits per heavy atom. The van der Waals surface area contributed by atoms with E-state index in [2.05, 4.69) is 5.32 Å². The van der Waals surface area contributed by atoms with Crippen molar-refractivity contribution in [1.82, 2.24) is 10.2 Å². The Morgan fingerprint density at radius 3 is 2.68 bits per heavy atom. The Kier molecular flexibility index (Phi) is 6.64. The fraction of sp³-hybridized carbons (Fsp3) is 0.562. The van der Waals surface area contributed by atoms with Gasteiger partial charge in [-0.1, -0.05) is 30.3 Å². The quantitative estimate of drug-likeness (QED) is 0.708. The van der Waals surface area contributed by atoms with Crippen LogP contribution in [0, 0.1) is 0 Å². The van der Waals surface area contributed by atoms with Gasteiger partial charge >= 0.3 is 6.03 Å². The van der Waals surface area contributed by atoms with Gasteiger partial charge in [-0.3, -0.25) is 4.90 Å². The van der Waals surface area contributed by atoms with E-state index in [0.717, 1.165) is 18.4 Å². The lowest BCUT2D eigenvalue weighted by molar-refractivity contribution is -0.108. The predicted molar refractivity (Wildman–Crippen MR) is 82.2 cm³/mol. The minimum absolute atomic E-state index is 0.0792. The number of carbonyl (C=O) groups excluding carboxylic acids is 1. The summed E-state index contributed by atoms with van der Waals surface area (Å²) in [6.07, 6.45) is 1.08. The Hall–Kier alpha value is -1.63. The molecule has 122 valence electrons. The van der Waals surface area contributed by atoms with Crippen molar-refractivity contribution in [3.63, 3.8) is 0 Å². The average molecular weight is 308 g/mol. The topological polar surface area (TPSA) is 60.0 Å². The maximum absolute atomic E-state index is 11.9. The molecule has 1 unspecified atom stereocenters. The highest BCUT2D eigenvalue weighted by Gasteiger charge is 2.30. The number of methoxy groups -OCH3 is 2. The molecule has 0 bridgehead atoms. The van der Waals surface area contributed by atoms with Crippen LogP contribution in [0.3, 0.4) is 0 Å². The number of urea groups is 1. The van der Waals surface area contributed by atoms with Crippen LogP contribution in [0.2, 0.25) is 0 Å². The minimum atomic E-state index is -0.227. The highest BCUT2D eigenvalue weighted by Crippen LogP contribution is 2.14. The number of nitrogens with zero attached hydrogens (tertiary/aromatic N) is 1. The van der Waals surface area contributed by atoms with Crippen molar-refractivity contribution in [2.75, 3.05) is 27.3 Å². The molecule has 1 saturated heterocycles. The van der Waals surface area contributed by atoms with Gasteiger partial charge in [0.25, 0.3) is 0 Å². The zero-order valence-electron chi connectivity index (χ0n) is 13.2. The molecule has 0 radical (unpaired) electrons. The van der Waals surface area contributed by atoms with Crippen LogP contribution in [0.15, 0.2) is 30.3 Å². The highest BCUT2D eigenvalue weighted by atomic mass is 16.7. The number of ether oxygens (including phenoxy) is 3. The third kappa shape index (κ3) is 4.69. The van der Waals surface area contributed by atoms with Crippen LogP contribution < -0.4 is 5.32 Å². The number of benzene rings is 1. The molecule has 1 heterocycles. The van der Waals surface area contributed by atoms with Gasteiger partial charge in [0, 0.05) is 27.2 Å². The molecule has 1 aromatic rings. The highest BCUT2D eigenvalue weighted by molar-refractivity contribution is 5.76. The Balaban J connectivity index is 1.79. The predicted octanol–water partition coefficient (Wildman–Crippen LogP) is 1.95. The lowest BCUT2D eigenvalue weighted by Gasteiger charge is -2.24. The van der Waals surface area contributed by atoms with E-state index in [4.69, 9.17) is 14.2 Å². The summed E-state index contributed by atoms with van der Waals surface area (Å²) in [6.45, 7) is 1.63. The second-order valence-electron chi connectivity index (χ2n) is 5.17. The van der Waals surface area contributed by atoms with Crippen molar-refractivity contribution in [3.05, 3.63) is 35.9 Å². The molecule has 1 aliphatic rings. The molecule has 0 aromatic heterocycles. The summed E-state index contributed by atoms with van der Waals surface area (Å²) in [5.74, 6) is 0. The third-order valence-electron chi connectivity index (χ3n) is 3.69. The van der Waals surface area contributed by atoms with Crippen LogP contribution in [-0.4, -0.2) is 50.8 Å². The summed E-state index contributed by atoms with van der Waals surface area (Å²) < 4.78 is 16.2. The van der Waals surface area contributed by atoms with Crippen LogP contribution in [0.1, 0.15) is 18.4 Å². The fourth-order valence-corrected chi connectivity index (χ4v) is 2.44. The zero-order valence-corrected chi connectivity index (χ0v) is 13.2. The average Bonchev–Trinajstić information content (AvgIpc) is 2.91. The molecule has 1 aliphatic heterocycles. The molecule has 1 fully saturated rings. The first kappa shape index (κ1) is 16.7. The van der Waals surface area contributed by atoms with Crippen LogP contribution in [-0.2, 0) is 20.8 Å². The zero-order chi connectivity index (χ0) is 15.8. The molecule has 2 amide bonds. The molecule has 6 heteroatoms. The van der Waals surface area contributed by atoms with Crippen LogP contribution in [0.25, 0.3) is 0 Å². The molecular formula is C16H24N2O4. The molecule has 1 atom stereocenters. The van der Waals surface area contributed by atoms with Gasteiger partial charge in [-0.05, 0) is 12.0 Å². The first-order valence-electron chi connectivity index (χ1n) is 7.50.